The van der Waals surface area contributed by atoms with E-state index < -0.39 is 0 Å². The number of fused-ring (bicyclic) bond motifs is 3. The molecule has 0 saturated carbocycles. The molecule has 31 heavy (non-hydrogen) atoms. The maximum absolute atomic E-state index is 5.74. The van der Waals surface area contributed by atoms with Gasteiger partial charge in [-0.05, 0) is 19.8 Å². The molecule has 4 aromatic heterocycles. The summed E-state index contributed by atoms with van der Waals surface area (Å²) in [4.78, 5) is 16.7. The first-order valence-corrected chi connectivity index (χ1v) is 11.2. The Labute approximate surface area is 182 Å². The molecular weight excluding hydrogens is 414 g/mol. The Hall–Kier alpha value is -3.18. The molecule has 1 fully saturated rings. The minimum atomic E-state index is 0.0756. The lowest BCUT2D eigenvalue weighted by Crippen LogP contribution is -2.43. The van der Waals surface area contributed by atoms with Crippen LogP contribution in [0.5, 0.6) is 0 Å². The number of anilines is 1. The molecule has 6 rings (SSSR count). The number of aryl methyl sites for hydroxylation is 1. The van der Waals surface area contributed by atoms with Gasteiger partial charge in [-0.3, -0.25) is 9.67 Å². The van der Waals surface area contributed by atoms with Gasteiger partial charge in [0.1, 0.15) is 22.7 Å². The summed E-state index contributed by atoms with van der Waals surface area (Å²) in [5.41, 5.74) is 3.47. The van der Waals surface area contributed by atoms with Gasteiger partial charge in [0.25, 0.3) is 0 Å². The van der Waals surface area contributed by atoms with E-state index >= 15 is 0 Å². The van der Waals surface area contributed by atoms with Gasteiger partial charge in [-0.2, -0.15) is 5.10 Å². The number of nitrogens with one attached hydrogen (secondary N) is 1. The summed E-state index contributed by atoms with van der Waals surface area (Å²) in [6, 6.07) is 0.311. The number of thiazole rings is 1. The zero-order chi connectivity index (χ0) is 20.9. The molecule has 0 aromatic carbocycles. The number of aromatic nitrogens is 8. The summed E-state index contributed by atoms with van der Waals surface area (Å²) in [6.07, 6.45) is 7.16. The highest BCUT2D eigenvalue weighted by Gasteiger charge is 2.40. The summed E-state index contributed by atoms with van der Waals surface area (Å²) < 4.78 is 7.77. The van der Waals surface area contributed by atoms with Crippen molar-refractivity contribution in [1.29, 1.82) is 0 Å². The number of rotatable bonds is 4. The van der Waals surface area contributed by atoms with Gasteiger partial charge in [-0.1, -0.05) is 6.92 Å². The number of H-pyrrole nitrogens is 1. The molecule has 1 N–H and O–H groups in total. The van der Waals surface area contributed by atoms with Crippen molar-refractivity contribution in [2.45, 2.75) is 38.8 Å². The Morgan fingerprint density at radius 3 is 3.03 bits per heavy atom. The fourth-order valence-corrected chi connectivity index (χ4v) is 5.21. The zero-order valence-electron chi connectivity index (χ0n) is 17.2. The lowest BCUT2D eigenvalue weighted by molar-refractivity contribution is 0.191. The third-order valence-corrected chi connectivity index (χ3v) is 6.74. The topological polar surface area (TPSA) is 111 Å². The molecule has 2 aliphatic rings. The van der Waals surface area contributed by atoms with Crippen LogP contribution in [0.2, 0.25) is 0 Å². The van der Waals surface area contributed by atoms with Crippen molar-refractivity contribution in [2.75, 3.05) is 18.1 Å². The van der Waals surface area contributed by atoms with Crippen LogP contribution in [-0.2, 0) is 4.74 Å². The number of aromatic amines is 1. The zero-order valence-corrected chi connectivity index (χ0v) is 18.0. The minimum absolute atomic E-state index is 0.0756. The van der Waals surface area contributed by atoms with E-state index in [0.717, 1.165) is 58.7 Å². The first-order valence-electron chi connectivity index (χ1n) is 10.3. The monoisotopic (exact) mass is 435 g/mol. The fraction of sp³-hybridized carbons (Fsp3) is 0.400. The van der Waals surface area contributed by atoms with Crippen molar-refractivity contribution in [2.24, 2.45) is 0 Å². The first kappa shape index (κ1) is 18.6. The molecule has 4 aromatic rings. The van der Waals surface area contributed by atoms with Crippen molar-refractivity contribution >= 4 is 17.2 Å². The molecular formula is C20H21N9OS. The lowest BCUT2D eigenvalue weighted by atomic mass is 10.0. The molecule has 0 bridgehead atoms. The number of hydrogen-bond acceptors (Lipinski definition) is 9. The predicted octanol–water partition coefficient (Wildman–Crippen LogP) is 2.94. The Bertz CT molecular complexity index is 1230. The van der Waals surface area contributed by atoms with Crippen molar-refractivity contribution in [3.8, 4) is 27.8 Å². The van der Waals surface area contributed by atoms with E-state index in [2.05, 4.69) is 37.2 Å². The van der Waals surface area contributed by atoms with E-state index in [-0.39, 0.29) is 12.1 Å². The highest BCUT2D eigenvalue weighted by atomic mass is 32.1. The molecule has 2 atom stereocenters. The van der Waals surface area contributed by atoms with Crippen molar-refractivity contribution in [3.05, 3.63) is 35.6 Å². The fourth-order valence-electron chi connectivity index (χ4n) is 4.56. The quantitative estimate of drug-likeness (QED) is 0.521. The van der Waals surface area contributed by atoms with E-state index in [4.69, 9.17) is 14.7 Å². The van der Waals surface area contributed by atoms with Crippen molar-refractivity contribution in [3.63, 3.8) is 0 Å². The molecule has 0 amide bonds. The predicted molar refractivity (Wildman–Crippen MR) is 115 cm³/mol. The van der Waals surface area contributed by atoms with E-state index in [9.17, 15) is 0 Å². The van der Waals surface area contributed by atoms with Crippen LogP contribution in [0, 0.1) is 6.92 Å². The molecule has 1 unspecified atom stereocenters. The molecule has 0 aliphatic carbocycles. The highest BCUT2D eigenvalue weighted by Crippen LogP contribution is 2.43. The van der Waals surface area contributed by atoms with Gasteiger partial charge in [0.2, 0.25) is 0 Å². The Morgan fingerprint density at radius 1 is 1.32 bits per heavy atom. The minimum Gasteiger partial charge on any atom is -0.379 e. The highest BCUT2D eigenvalue weighted by molar-refractivity contribution is 7.13. The second kappa shape index (κ2) is 7.20. The van der Waals surface area contributed by atoms with Crippen LogP contribution in [0.25, 0.3) is 27.8 Å². The second-order valence-electron chi connectivity index (χ2n) is 7.71. The van der Waals surface area contributed by atoms with Gasteiger partial charge in [-0.25, -0.2) is 15.0 Å². The molecule has 158 valence electrons. The lowest BCUT2D eigenvalue weighted by Gasteiger charge is -2.40. The van der Waals surface area contributed by atoms with E-state index in [1.54, 1.807) is 30.1 Å². The third kappa shape index (κ3) is 2.80. The van der Waals surface area contributed by atoms with Crippen molar-refractivity contribution < 1.29 is 4.74 Å². The normalized spacial score (nSPS) is 20.1. The van der Waals surface area contributed by atoms with Gasteiger partial charge >= 0.3 is 0 Å². The van der Waals surface area contributed by atoms with Crippen LogP contribution in [0.15, 0.2) is 24.1 Å². The van der Waals surface area contributed by atoms with Crippen LogP contribution in [0.4, 0.5) is 5.82 Å². The first-order chi connectivity index (χ1) is 15.3. The second-order valence-corrected chi connectivity index (χ2v) is 8.60. The Morgan fingerprint density at radius 2 is 2.26 bits per heavy atom. The molecule has 0 spiro atoms. The molecule has 0 radical (unpaired) electrons. The van der Waals surface area contributed by atoms with Gasteiger partial charge in [0.15, 0.2) is 17.5 Å². The Balaban J connectivity index is 1.56. The molecule has 1 saturated heterocycles. The Kier molecular flexibility index (Phi) is 4.32. The number of ether oxygens (including phenoxy) is 1. The van der Waals surface area contributed by atoms with Crippen LogP contribution >= 0.6 is 11.3 Å². The number of hydrogen-bond donors (Lipinski definition) is 1. The molecule has 10 nitrogen and oxygen atoms in total. The van der Waals surface area contributed by atoms with Crippen LogP contribution in [0.3, 0.4) is 0 Å². The van der Waals surface area contributed by atoms with Gasteiger partial charge in [0, 0.05) is 18.2 Å². The van der Waals surface area contributed by atoms with Gasteiger partial charge in [-0.15, -0.1) is 21.5 Å². The van der Waals surface area contributed by atoms with Crippen LogP contribution in [0.1, 0.15) is 37.3 Å². The third-order valence-electron chi connectivity index (χ3n) is 5.95. The van der Waals surface area contributed by atoms with Gasteiger partial charge in [0.05, 0.1) is 36.1 Å². The SMILES string of the molecule is CC[C@@H]1c2nncn2-c2c(C)nc(-c3cn[nH]c3-c3nccs3)nc2N1C1CCOC1. The maximum Gasteiger partial charge on any atom is 0.165 e. The molecule has 2 aliphatic heterocycles. The summed E-state index contributed by atoms with van der Waals surface area (Å²) in [5.74, 6) is 2.45. The standard InChI is InChI=1S/C20H21N9OS/c1-3-14-18-27-23-10-28(18)16-11(2)24-17(25-19(16)29(14)12-4-6-30-9-12)13-8-22-26-15(13)20-21-5-7-31-20/h5,7-8,10,12,14H,3-4,6,9H2,1-2H3,(H,22,26)/t12?,14-/m1/s1. The largest absolute Gasteiger partial charge is 0.379 e. The average Bonchev–Trinajstić information content (AvgIpc) is 3.57. The summed E-state index contributed by atoms with van der Waals surface area (Å²) in [7, 11) is 0. The summed E-state index contributed by atoms with van der Waals surface area (Å²) in [6.45, 7) is 5.61. The molecule has 11 heteroatoms. The number of nitrogens with zero attached hydrogens (tertiary/aromatic N) is 8. The van der Waals surface area contributed by atoms with E-state index in [1.807, 2.05) is 16.9 Å². The van der Waals surface area contributed by atoms with Crippen LogP contribution < -0.4 is 4.90 Å². The molecule has 6 heterocycles. The summed E-state index contributed by atoms with van der Waals surface area (Å²) in [5, 5.41) is 18.8. The van der Waals surface area contributed by atoms with E-state index in [1.165, 1.54) is 0 Å². The summed E-state index contributed by atoms with van der Waals surface area (Å²) >= 11 is 1.55. The average molecular weight is 436 g/mol. The van der Waals surface area contributed by atoms with E-state index in [0.29, 0.717) is 12.4 Å². The van der Waals surface area contributed by atoms with Gasteiger partial charge < -0.3 is 9.64 Å². The smallest absolute Gasteiger partial charge is 0.165 e. The van der Waals surface area contributed by atoms with Crippen molar-refractivity contribution in [1.82, 2.24) is 39.9 Å². The van der Waals surface area contributed by atoms with Crippen LogP contribution in [-0.4, -0.2) is 59.2 Å². The maximum atomic E-state index is 5.74.